The molecule has 19 heavy (non-hydrogen) atoms. The lowest BCUT2D eigenvalue weighted by molar-refractivity contribution is 0.416. The average Bonchev–Trinajstić information content (AvgIpc) is 2.85. The maximum Gasteiger partial charge on any atom is 0.129 e. The molecule has 2 aromatic rings. The molecule has 5 heteroatoms. The van der Waals surface area contributed by atoms with Crippen LogP contribution in [0.25, 0.3) is 0 Å². The molecule has 1 atom stereocenters. The van der Waals surface area contributed by atoms with Crippen molar-refractivity contribution in [2.24, 2.45) is 0 Å². The van der Waals surface area contributed by atoms with Crippen molar-refractivity contribution in [2.75, 3.05) is 13.7 Å². The van der Waals surface area contributed by atoms with Crippen LogP contribution in [0.3, 0.4) is 0 Å². The van der Waals surface area contributed by atoms with E-state index in [0.717, 1.165) is 17.2 Å². The van der Waals surface area contributed by atoms with Gasteiger partial charge in [0.2, 0.25) is 0 Å². The predicted molar refractivity (Wildman–Crippen MR) is 77.8 cm³/mol. The van der Waals surface area contributed by atoms with Crippen molar-refractivity contribution >= 4 is 22.9 Å². The van der Waals surface area contributed by atoms with Crippen molar-refractivity contribution in [1.82, 2.24) is 5.32 Å². The SMILES string of the molecule is CCNC(c1cc(OC)cs1)c1ccc(Cl)cc1F. The minimum Gasteiger partial charge on any atom is -0.496 e. The standard InChI is InChI=1S/C14H15ClFNOS/c1-3-17-14(13-7-10(18-2)8-19-13)11-5-4-9(15)6-12(11)16/h4-8,14,17H,3H2,1-2H3. The van der Waals surface area contributed by atoms with E-state index in [2.05, 4.69) is 5.32 Å². The van der Waals surface area contributed by atoms with Crippen LogP contribution < -0.4 is 10.1 Å². The van der Waals surface area contributed by atoms with Gasteiger partial charge in [0.15, 0.2) is 0 Å². The van der Waals surface area contributed by atoms with Crippen LogP contribution in [0, 0.1) is 5.82 Å². The summed E-state index contributed by atoms with van der Waals surface area (Å²) >= 11 is 7.34. The van der Waals surface area contributed by atoms with Gasteiger partial charge >= 0.3 is 0 Å². The van der Waals surface area contributed by atoms with Gasteiger partial charge in [-0.05, 0) is 24.7 Å². The molecular formula is C14H15ClFNOS. The molecule has 0 aliphatic carbocycles. The Hall–Kier alpha value is -1.10. The smallest absolute Gasteiger partial charge is 0.129 e. The van der Waals surface area contributed by atoms with E-state index in [-0.39, 0.29) is 11.9 Å². The van der Waals surface area contributed by atoms with Crippen molar-refractivity contribution in [3.05, 3.63) is 50.9 Å². The Morgan fingerprint density at radius 2 is 2.21 bits per heavy atom. The molecule has 0 aliphatic rings. The number of hydrogen-bond donors (Lipinski definition) is 1. The number of nitrogens with one attached hydrogen (secondary N) is 1. The first kappa shape index (κ1) is 14.3. The predicted octanol–water partition coefficient (Wildman–Crippen LogP) is 4.25. The van der Waals surface area contributed by atoms with Crippen LogP contribution in [0.15, 0.2) is 29.6 Å². The Kier molecular flexibility index (Phi) is 4.80. The van der Waals surface area contributed by atoms with Gasteiger partial charge in [-0.2, -0.15) is 0 Å². The molecule has 1 N–H and O–H groups in total. The molecule has 0 bridgehead atoms. The zero-order valence-electron chi connectivity index (χ0n) is 10.7. The molecule has 2 rings (SSSR count). The van der Waals surface area contributed by atoms with E-state index in [4.69, 9.17) is 16.3 Å². The van der Waals surface area contributed by atoms with Gasteiger partial charge in [0, 0.05) is 20.8 Å². The Morgan fingerprint density at radius 1 is 1.42 bits per heavy atom. The lowest BCUT2D eigenvalue weighted by atomic mass is 10.0. The zero-order chi connectivity index (χ0) is 13.8. The third kappa shape index (κ3) is 3.26. The summed E-state index contributed by atoms with van der Waals surface area (Å²) in [7, 11) is 1.62. The second-order valence-corrected chi connectivity index (χ2v) is 5.42. The fourth-order valence-corrected chi connectivity index (χ4v) is 3.00. The van der Waals surface area contributed by atoms with E-state index in [0.29, 0.717) is 10.6 Å². The molecule has 0 saturated heterocycles. The maximum absolute atomic E-state index is 14.0. The maximum atomic E-state index is 14.0. The third-order valence-electron chi connectivity index (χ3n) is 2.80. The van der Waals surface area contributed by atoms with Gasteiger partial charge in [-0.25, -0.2) is 4.39 Å². The van der Waals surface area contributed by atoms with E-state index in [1.165, 1.54) is 6.07 Å². The molecule has 0 amide bonds. The zero-order valence-corrected chi connectivity index (χ0v) is 12.3. The first-order valence-corrected chi connectivity index (χ1v) is 7.22. The summed E-state index contributed by atoms with van der Waals surface area (Å²) < 4.78 is 19.2. The second kappa shape index (κ2) is 6.37. The highest BCUT2D eigenvalue weighted by Gasteiger charge is 2.19. The van der Waals surface area contributed by atoms with Crippen molar-refractivity contribution in [3.63, 3.8) is 0 Å². The van der Waals surface area contributed by atoms with Gasteiger partial charge < -0.3 is 10.1 Å². The highest BCUT2D eigenvalue weighted by molar-refractivity contribution is 7.10. The van der Waals surface area contributed by atoms with Crippen LogP contribution in [-0.4, -0.2) is 13.7 Å². The summed E-state index contributed by atoms with van der Waals surface area (Å²) in [5, 5.41) is 5.60. The van der Waals surface area contributed by atoms with Gasteiger partial charge in [0.05, 0.1) is 13.2 Å². The number of ether oxygens (including phenoxy) is 1. The normalized spacial score (nSPS) is 12.4. The Labute approximate surface area is 121 Å². The molecule has 0 aliphatic heterocycles. The number of hydrogen-bond acceptors (Lipinski definition) is 3. The number of methoxy groups -OCH3 is 1. The summed E-state index contributed by atoms with van der Waals surface area (Å²) in [5.74, 6) is 0.489. The minimum absolute atomic E-state index is 0.184. The Morgan fingerprint density at radius 3 is 2.79 bits per heavy atom. The minimum atomic E-state index is -0.300. The van der Waals surface area contributed by atoms with Crippen molar-refractivity contribution in [3.8, 4) is 5.75 Å². The van der Waals surface area contributed by atoms with Crippen LogP contribution in [0.5, 0.6) is 5.75 Å². The van der Waals surface area contributed by atoms with E-state index >= 15 is 0 Å². The molecule has 2 nitrogen and oxygen atoms in total. The topological polar surface area (TPSA) is 21.3 Å². The van der Waals surface area contributed by atoms with Crippen molar-refractivity contribution < 1.29 is 9.13 Å². The number of benzene rings is 1. The molecule has 1 aromatic heterocycles. The molecule has 1 heterocycles. The van der Waals surface area contributed by atoms with Crippen LogP contribution >= 0.6 is 22.9 Å². The highest BCUT2D eigenvalue weighted by Crippen LogP contribution is 2.32. The van der Waals surface area contributed by atoms with Crippen LogP contribution in [0.2, 0.25) is 5.02 Å². The van der Waals surface area contributed by atoms with Crippen LogP contribution in [0.1, 0.15) is 23.4 Å². The number of rotatable bonds is 5. The first-order chi connectivity index (χ1) is 9.15. The fraction of sp³-hybridized carbons (Fsp3) is 0.286. The Bertz CT molecular complexity index is 558. The Balaban J connectivity index is 2.38. The lowest BCUT2D eigenvalue weighted by Gasteiger charge is -2.17. The van der Waals surface area contributed by atoms with Gasteiger partial charge in [-0.15, -0.1) is 11.3 Å². The molecule has 0 radical (unpaired) electrons. The molecular weight excluding hydrogens is 285 g/mol. The lowest BCUT2D eigenvalue weighted by Crippen LogP contribution is -2.22. The van der Waals surface area contributed by atoms with Gasteiger partial charge in [0.1, 0.15) is 11.6 Å². The molecule has 0 spiro atoms. The number of thiophene rings is 1. The van der Waals surface area contributed by atoms with Crippen molar-refractivity contribution in [1.29, 1.82) is 0 Å². The first-order valence-electron chi connectivity index (χ1n) is 5.96. The monoisotopic (exact) mass is 299 g/mol. The van der Waals surface area contributed by atoms with E-state index in [1.807, 2.05) is 18.4 Å². The van der Waals surface area contributed by atoms with E-state index in [1.54, 1.807) is 30.6 Å². The van der Waals surface area contributed by atoms with Crippen LogP contribution in [0.4, 0.5) is 4.39 Å². The average molecular weight is 300 g/mol. The quantitative estimate of drug-likeness (QED) is 0.891. The summed E-state index contributed by atoms with van der Waals surface area (Å²) in [6.45, 7) is 2.73. The summed E-state index contributed by atoms with van der Waals surface area (Å²) in [6, 6.07) is 6.50. The second-order valence-electron chi connectivity index (χ2n) is 4.05. The fourth-order valence-electron chi connectivity index (χ4n) is 1.90. The van der Waals surface area contributed by atoms with Crippen LogP contribution in [-0.2, 0) is 0 Å². The highest BCUT2D eigenvalue weighted by atomic mass is 35.5. The number of halogens is 2. The van der Waals surface area contributed by atoms with Gasteiger partial charge in [-0.1, -0.05) is 24.6 Å². The largest absolute Gasteiger partial charge is 0.496 e. The molecule has 1 aromatic carbocycles. The summed E-state index contributed by atoms with van der Waals surface area (Å²) in [4.78, 5) is 1.01. The molecule has 102 valence electrons. The van der Waals surface area contributed by atoms with E-state index in [9.17, 15) is 4.39 Å². The molecule has 1 unspecified atom stereocenters. The van der Waals surface area contributed by atoms with Crippen molar-refractivity contribution in [2.45, 2.75) is 13.0 Å². The summed E-state index contributed by atoms with van der Waals surface area (Å²) in [6.07, 6.45) is 0. The van der Waals surface area contributed by atoms with Gasteiger partial charge in [0.25, 0.3) is 0 Å². The molecule has 0 fully saturated rings. The summed E-state index contributed by atoms with van der Waals surface area (Å²) in [5.41, 5.74) is 0.593. The van der Waals surface area contributed by atoms with E-state index < -0.39 is 0 Å². The van der Waals surface area contributed by atoms with Gasteiger partial charge in [-0.3, -0.25) is 0 Å². The third-order valence-corrected chi connectivity index (χ3v) is 4.01. The molecule has 0 saturated carbocycles.